The van der Waals surface area contributed by atoms with Crippen LogP contribution in [0.2, 0.25) is 0 Å². The summed E-state index contributed by atoms with van der Waals surface area (Å²) >= 11 is 0. The van der Waals surface area contributed by atoms with Gasteiger partial charge >= 0.3 is 0 Å². The molecule has 1 heterocycles. The quantitative estimate of drug-likeness (QED) is 0.741. The Morgan fingerprint density at radius 1 is 1.09 bits per heavy atom. The maximum atomic E-state index is 13.5. The third kappa shape index (κ3) is 3.74. The lowest BCUT2D eigenvalue weighted by molar-refractivity contribution is 0.629. The van der Waals surface area contributed by atoms with Crippen molar-refractivity contribution in [1.29, 1.82) is 0 Å². The van der Waals surface area contributed by atoms with Crippen LogP contribution in [-0.2, 0) is 6.54 Å². The van der Waals surface area contributed by atoms with Crippen molar-refractivity contribution in [2.24, 2.45) is 0 Å². The van der Waals surface area contributed by atoms with Gasteiger partial charge in [0.2, 0.25) is 0 Å². The molecular weight excluding hydrogens is 291 g/mol. The van der Waals surface area contributed by atoms with Crippen molar-refractivity contribution in [2.75, 3.05) is 10.6 Å². The second-order valence-corrected chi connectivity index (χ2v) is 5.74. The number of aromatic nitrogens is 2. The van der Waals surface area contributed by atoms with E-state index in [2.05, 4.69) is 40.5 Å². The fourth-order valence-corrected chi connectivity index (χ4v) is 2.46. The zero-order chi connectivity index (χ0) is 16.2. The van der Waals surface area contributed by atoms with Crippen LogP contribution in [0.1, 0.15) is 19.4 Å². The molecule has 0 aliphatic rings. The van der Waals surface area contributed by atoms with E-state index in [4.69, 9.17) is 0 Å². The van der Waals surface area contributed by atoms with Crippen LogP contribution >= 0.6 is 0 Å². The molecule has 0 aliphatic heterocycles. The van der Waals surface area contributed by atoms with Gasteiger partial charge < -0.3 is 10.6 Å². The van der Waals surface area contributed by atoms with Crippen molar-refractivity contribution in [2.45, 2.75) is 26.4 Å². The average molecular weight is 310 g/mol. The first-order valence-corrected chi connectivity index (χ1v) is 7.61. The summed E-state index contributed by atoms with van der Waals surface area (Å²) in [5.74, 6) is 0.343. The molecule has 5 heteroatoms. The molecule has 0 fully saturated rings. The van der Waals surface area contributed by atoms with Gasteiger partial charge in [-0.25, -0.2) is 14.4 Å². The van der Waals surface area contributed by atoms with Crippen molar-refractivity contribution >= 4 is 22.4 Å². The van der Waals surface area contributed by atoms with Crippen molar-refractivity contribution in [1.82, 2.24) is 9.97 Å². The summed E-state index contributed by atoms with van der Waals surface area (Å²) in [7, 11) is 0. The monoisotopic (exact) mass is 310 g/mol. The first kappa shape index (κ1) is 15.2. The molecule has 2 N–H and O–H groups in total. The Bertz CT molecular complexity index is 817. The topological polar surface area (TPSA) is 49.8 Å². The molecule has 3 rings (SSSR count). The number of nitrogens with one attached hydrogen (secondary N) is 2. The minimum atomic E-state index is -0.293. The highest BCUT2D eigenvalue weighted by Crippen LogP contribution is 2.21. The molecule has 0 atom stereocenters. The normalized spacial score (nSPS) is 11.0. The first-order chi connectivity index (χ1) is 11.1. The van der Waals surface area contributed by atoms with Crippen LogP contribution < -0.4 is 10.6 Å². The van der Waals surface area contributed by atoms with E-state index in [-0.39, 0.29) is 5.82 Å². The fourth-order valence-electron chi connectivity index (χ4n) is 2.46. The molecule has 0 saturated carbocycles. The van der Waals surface area contributed by atoms with Gasteiger partial charge in [0.25, 0.3) is 0 Å². The highest BCUT2D eigenvalue weighted by atomic mass is 19.1. The molecule has 0 unspecified atom stereocenters. The van der Waals surface area contributed by atoms with E-state index in [1.165, 1.54) is 18.5 Å². The Balaban J connectivity index is 1.80. The zero-order valence-electron chi connectivity index (χ0n) is 13.2. The van der Waals surface area contributed by atoms with Gasteiger partial charge in [-0.05, 0) is 49.7 Å². The molecule has 3 aromatic rings. The summed E-state index contributed by atoms with van der Waals surface area (Å²) in [6.45, 7) is 4.81. The molecule has 0 amide bonds. The van der Waals surface area contributed by atoms with Crippen LogP contribution in [0.3, 0.4) is 0 Å². The first-order valence-electron chi connectivity index (χ1n) is 7.61. The summed E-state index contributed by atoms with van der Waals surface area (Å²) in [6, 6.07) is 13.1. The van der Waals surface area contributed by atoms with Gasteiger partial charge in [0.15, 0.2) is 0 Å². The van der Waals surface area contributed by atoms with E-state index >= 15 is 0 Å². The molecule has 118 valence electrons. The molecule has 4 nitrogen and oxygen atoms in total. The Morgan fingerprint density at radius 3 is 2.78 bits per heavy atom. The minimum Gasteiger partial charge on any atom is -0.383 e. The fraction of sp³-hybridized carbons (Fsp3) is 0.222. The van der Waals surface area contributed by atoms with Gasteiger partial charge in [-0.3, -0.25) is 0 Å². The highest BCUT2D eigenvalue weighted by Gasteiger charge is 2.05. The van der Waals surface area contributed by atoms with Gasteiger partial charge in [0, 0.05) is 23.7 Å². The maximum Gasteiger partial charge on any atom is 0.137 e. The third-order valence-corrected chi connectivity index (χ3v) is 3.44. The summed E-state index contributed by atoms with van der Waals surface area (Å²) in [6.07, 6.45) is 1.49. The van der Waals surface area contributed by atoms with Crippen LogP contribution in [0.4, 0.5) is 15.9 Å². The van der Waals surface area contributed by atoms with Gasteiger partial charge in [0.1, 0.15) is 18.0 Å². The van der Waals surface area contributed by atoms with E-state index in [1.807, 2.05) is 18.2 Å². The van der Waals surface area contributed by atoms with Crippen molar-refractivity contribution in [3.8, 4) is 0 Å². The summed E-state index contributed by atoms with van der Waals surface area (Å²) < 4.78 is 13.5. The van der Waals surface area contributed by atoms with Gasteiger partial charge in [-0.2, -0.15) is 0 Å². The molecule has 23 heavy (non-hydrogen) atoms. The third-order valence-electron chi connectivity index (χ3n) is 3.44. The number of rotatable bonds is 5. The Kier molecular flexibility index (Phi) is 4.37. The molecular formula is C18H19FN4. The van der Waals surface area contributed by atoms with E-state index in [1.54, 1.807) is 6.07 Å². The molecule has 1 aromatic heterocycles. The number of nitrogens with zero attached hydrogens (tertiary/aromatic N) is 2. The largest absolute Gasteiger partial charge is 0.383 e. The predicted octanol–water partition coefficient (Wildman–Crippen LogP) is 4.20. The van der Waals surface area contributed by atoms with Crippen molar-refractivity contribution < 1.29 is 4.39 Å². The van der Waals surface area contributed by atoms with E-state index in [9.17, 15) is 4.39 Å². The molecule has 0 saturated heterocycles. The Hall–Kier alpha value is -2.69. The predicted molar refractivity (Wildman–Crippen MR) is 92.0 cm³/mol. The summed E-state index contributed by atoms with van der Waals surface area (Å²) in [5, 5.41) is 7.33. The van der Waals surface area contributed by atoms with E-state index in [0.717, 1.165) is 16.8 Å². The standard InChI is InChI=1S/C18H19FN4/c1-12(2)23-15-5-3-4-13(8-15)10-20-18-16-9-14(19)6-7-17(16)21-11-22-18/h3-9,11-12,23H,10H2,1-2H3,(H,20,21,22). The van der Waals surface area contributed by atoms with Crippen molar-refractivity contribution in [3.63, 3.8) is 0 Å². The lowest BCUT2D eigenvalue weighted by atomic mass is 10.2. The van der Waals surface area contributed by atoms with Crippen LogP contribution in [-0.4, -0.2) is 16.0 Å². The average Bonchev–Trinajstić information content (AvgIpc) is 2.52. The highest BCUT2D eigenvalue weighted by molar-refractivity contribution is 5.88. The number of benzene rings is 2. The number of hydrogen-bond acceptors (Lipinski definition) is 4. The second kappa shape index (κ2) is 6.60. The SMILES string of the molecule is CC(C)Nc1cccc(CNc2ncnc3ccc(F)cc23)c1. The van der Waals surface area contributed by atoms with Gasteiger partial charge in [0.05, 0.1) is 5.52 Å². The van der Waals surface area contributed by atoms with Crippen LogP contribution in [0.25, 0.3) is 10.9 Å². The zero-order valence-corrected chi connectivity index (χ0v) is 13.2. The summed E-state index contributed by atoms with van der Waals surface area (Å²) in [5.41, 5.74) is 2.93. The molecule has 0 spiro atoms. The maximum absolute atomic E-state index is 13.5. The molecule has 0 aliphatic carbocycles. The van der Waals surface area contributed by atoms with Crippen LogP contribution in [0.5, 0.6) is 0 Å². The lowest BCUT2D eigenvalue weighted by Gasteiger charge is -2.12. The number of halogens is 1. The van der Waals surface area contributed by atoms with Gasteiger partial charge in [-0.1, -0.05) is 12.1 Å². The lowest BCUT2D eigenvalue weighted by Crippen LogP contribution is -2.10. The Labute approximate surface area is 134 Å². The van der Waals surface area contributed by atoms with E-state index < -0.39 is 0 Å². The van der Waals surface area contributed by atoms with Crippen LogP contribution in [0, 0.1) is 5.82 Å². The molecule has 0 bridgehead atoms. The van der Waals surface area contributed by atoms with E-state index in [0.29, 0.717) is 23.8 Å². The smallest absolute Gasteiger partial charge is 0.137 e. The van der Waals surface area contributed by atoms with Crippen LogP contribution in [0.15, 0.2) is 48.8 Å². The second-order valence-electron chi connectivity index (χ2n) is 5.74. The number of hydrogen-bond donors (Lipinski definition) is 2. The number of fused-ring (bicyclic) bond motifs is 1. The molecule has 0 radical (unpaired) electrons. The molecule has 2 aromatic carbocycles. The minimum absolute atomic E-state index is 0.293. The number of anilines is 2. The van der Waals surface area contributed by atoms with Gasteiger partial charge in [-0.15, -0.1) is 0 Å². The Morgan fingerprint density at radius 2 is 1.96 bits per heavy atom. The summed E-state index contributed by atoms with van der Waals surface area (Å²) in [4.78, 5) is 8.39. The van der Waals surface area contributed by atoms with Crippen molar-refractivity contribution in [3.05, 3.63) is 60.2 Å².